The summed E-state index contributed by atoms with van der Waals surface area (Å²) in [7, 11) is 0. The third-order valence-electron chi connectivity index (χ3n) is 5.33. The summed E-state index contributed by atoms with van der Waals surface area (Å²) < 4.78 is 73.9. The van der Waals surface area contributed by atoms with Crippen LogP contribution in [-0.2, 0) is 22.6 Å². The predicted octanol–water partition coefficient (Wildman–Crippen LogP) is 3.64. The first-order valence-electron chi connectivity index (χ1n) is 10.6. The van der Waals surface area contributed by atoms with E-state index in [4.69, 9.17) is 4.74 Å². The molecule has 1 aliphatic heterocycles. The Hall–Kier alpha value is -2.47. The Bertz CT molecular complexity index is 974. The Balaban J connectivity index is 0.00000432. The van der Waals surface area contributed by atoms with Gasteiger partial charge in [-0.15, -0.1) is 25.6 Å². The molecule has 0 aliphatic carbocycles. The highest BCUT2D eigenvalue weighted by Gasteiger charge is 2.35. The molecule has 6 nitrogen and oxygen atoms in total. The van der Waals surface area contributed by atoms with Crippen LogP contribution in [0.15, 0.2) is 42.5 Å². The molecule has 2 aromatic carbocycles. The van der Waals surface area contributed by atoms with Crippen molar-refractivity contribution in [3.63, 3.8) is 0 Å². The van der Waals surface area contributed by atoms with Crippen molar-refractivity contribution in [1.29, 1.82) is 0 Å². The van der Waals surface area contributed by atoms with Gasteiger partial charge < -0.3 is 25.2 Å². The smallest absolute Gasteiger partial charge is 0.406 e. The third-order valence-corrected chi connectivity index (χ3v) is 5.33. The van der Waals surface area contributed by atoms with E-state index in [-0.39, 0.29) is 42.9 Å². The maximum Gasteiger partial charge on any atom is 0.573 e. The van der Waals surface area contributed by atoms with Crippen molar-refractivity contribution in [3.05, 3.63) is 65.2 Å². The van der Waals surface area contributed by atoms with E-state index in [1.807, 2.05) is 0 Å². The third kappa shape index (κ3) is 9.25. The molecule has 194 valence electrons. The number of benzene rings is 2. The number of alkyl halides is 3. The highest BCUT2D eigenvalue weighted by molar-refractivity contribution is 5.85. The number of hydrogen-bond donors (Lipinski definition) is 3. The average molecular weight is 525 g/mol. The number of ether oxygens (including phenoxy) is 2. The molecule has 3 rings (SSSR count). The Labute approximate surface area is 205 Å². The highest BCUT2D eigenvalue weighted by Crippen LogP contribution is 2.25. The zero-order valence-electron chi connectivity index (χ0n) is 18.6. The summed E-state index contributed by atoms with van der Waals surface area (Å²) in [6.45, 7) is 1.67. The van der Waals surface area contributed by atoms with Gasteiger partial charge in [-0.1, -0.05) is 12.1 Å². The SMILES string of the molecule is CC(=O)N[C@@H](Cc1cc(F)cc(F)c1)[C@@H](O)[C@H]1C[C@@H](OCc2cccc(OC(F)(F)F)c2)CN1.Cl. The Morgan fingerprint density at radius 2 is 1.86 bits per heavy atom. The molecule has 2 aromatic rings. The number of aliphatic hydroxyl groups is 1. The molecule has 0 saturated carbocycles. The van der Waals surface area contributed by atoms with Crippen LogP contribution in [0.25, 0.3) is 0 Å². The maximum atomic E-state index is 13.5. The van der Waals surface area contributed by atoms with Gasteiger partial charge in [0.15, 0.2) is 0 Å². The monoisotopic (exact) mass is 524 g/mol. The lowest BCUT2D eigenvalue weighted by Gasteiger charge is -2.28. The van der Waals surface area contributed by atoms with Crippen molar-refractivity contribution in [3.8, 4) is 5.75 Å². The van der Waals surface area contributed by atoms with Crippen LogP contribution >= 0.6 is 12.4 Å². The summed E-state index contributed by atoms with van der Waals surface area (Å²) in [5, 5.41) is 16.6. The first-order chi connectivity index (χ1) is 16.0. The van der Waals surface area contributed by atoms with Crippen LogP contribution in [0.2, 0.25) is 0 Å². The number of carbonyl (C=O) groups is 1. The molecule has 1 amide bonds. The van der Waals surface area contributed by atoms with Crippen LogP contribution in [0.3, 0.4) is 0 Å². The van der Waals surface area contributed by atoms with Gasteiger partial charge in [0.1, 0.15) is 17.4 Å². The molecule has 0 unspecified atom stereocenters. The van der Waals surface area contributed by atoms with Gasteiger partial charge in [-0.2, -0.15) is 0 Å². The van der Waals surface area contributed by atoms with Crippen LogP contribution in [0.1, 0.15) is 24.5 Å². The molecule has 1 fully saturated rings. The zero-order valence-corrected chi connectivity index (χ0v) is 19.5. The fraction of sp³-hybridized carbons (Fsp3) is 0.435. The fourth-order valence-electron chi connectivity index (χ4n) is 3.95. The van der Waals surface area contributed by atoms with Crippen LogP contribution in [0, 0.1) is 11.6 Å². The van der Waals surface area contributed by atoms with Crippen molar-refractivity contribution in [2.75, 3.05) is 6.54 Å². The van der Waals surface area contributed by atoms with Gasteiger partial charge in [-0.25, -0.2) is 8.78 Å². The number of rotatable bonds is 9. The van der Waals surface area contributed by atoms with Crippen LogP contribution in [0.5, 0.6) is 5.75 Å². The second kappa shape index (κ2) is 12.5. The molecule has 4 atom stereocenters. The summed E-state index contributed by atoms with van der Waals surface area (Å²) in [5.74, 6) is -2.28. The minimum Gasteiger partial charge on any atom is -0.406 e. The molecule has 0 radical (unpaired) electrons. The highest BCUT2D eigenvalue weighted by atomic mass is 35.5. The lowest BCUT2D eigenvalue weighted by atomic mass is 9.95. The van der Waals surface area contributed by atoms with Gasteiger partial charge in [0.25, 0.3) is 0 Å². The normalized spacial score (nSPS) is 19.5. The van der Waals surface area contributed by atoms with E-state index < -0.39 is 42.1 Å². The molecule has 1 saturated heterocycles. The van der Waals surface area contributed by atoms with Crippen LogP contribution in [0.4, 0.5) is 22.0 Å². The average Bonchev–Trinajstić information content (AvgIpc) is 3.18. The van der Waals surface area contributed by atoms with Crippen molar-refractivity contribution >= 4 is 18.3 Å². The standard InChI is InChI=1S/C23H25F5N2O4.ClH/c1-13(31)30-21(8-15-5-16(24)9-17(25)6-15)22(32)20-10-19(11-29-20)33-12-14-3-2-4-18(7-14)34-23(26,27)28;/h2-7,9,19-22,29,32H,8,10-12H2,1H3,(H,30,31);1H/t19-,20-,21+,22+;/m1./s1. The molecule has 3 N–H and O–H groups in total. The largest absolute Gasteiger partial charge is 0.573 e. The Morgan fingerprint density at radius 3 is 2.49 bits per heavy atom. The van der Waals surface area contributed by atoms with Crippen molar-refractivity contribution in [2.24, 2.45) is 0 Å². The first-order valence-corrected chi connectivity index (χ1v) is 10.6. The van der Waals surface area contributed by atoms with E-state index in [0.717, 1.165) is 18.2 Å². The first kappa shape index (κ1) is 28.8. The summed E-state index contributed by atoms with van der Waals surface area (Å²) in [4.78, 5) is 11.6. The zero-order chi connectivity index (χ0) is 24.9. The van der Waals surface area contributed by atoms with E-state index in [0.29, 0.717) is 18.5 Å². The number of aliphatic hydroxyl groups excluding tert-OH is 1. The lowest BCUT2D eigenvalue weighted by Crippen LogP contribution is -2.51. The second-order valence-electron chi connectivity index (χ2n) is 8.16. The molecule has 12 heteroatoms. The maximum absolute atomic E-state index is 13.5. The second-order valence-corrected chi connectivity index (χ2v) is 8.16. The van der Waals surface area contributed by atoms with Gasteiger partial charge in [-0.3, -0.25) is 4.79 Å². The molecule has 0 aromatic heterocycles. The quantitative estimate of drug-likeness (QED) is 0.437. The Kier molecular flexibility index (Phi) is 10.3. The van der Waals surface area contributed by atoms with E-state index in [2.05, 4.69) is 15.4 Å². The topological polar surface area (TPSA) is 79.8 Å². The molecular formula is C23H26ClF5N2O4. The van der Waals surface area contributed by atoms with Gasteiger partial charge in [0, 0.05) is 25.6 Å². The summed E-state index contributed by atoms with van der Waals surface area (Å²) in [6, 6.07) is 7.14. The van der Waals surface area contributed by atoms with Crippen molar-refractivity contribution < 1.29 is 41.3 Å². The number of amides is 1. The summed E-state index contributed by atoms with van der Waals surface area (Å²) in [6.07, 6.45) is -5.87. The van der Waals surface area contributed by atoms with Crippen LogP contribution in [-0.4, -0.2) is 48.2 Å². The van der Waals surface area contributed by atoms with Gasteiger partial charge >= 0.3 is 6.36 Å². The molecule has 1 aliphatic rings. The Morgan fingerprint density at radius 1 is 1.17 bits per heavy atom. The van der Waals surface area contributed by atoms with Crippen molar-refractivity contribution in [1.82, 2.24) is 10.6 Å². The molecular weight excluding hydrogens is 499 g/mol. The molecule has 35 heavy (non-hydrogen) atoms. The van der Waals surface area contributed by atoms with E-state index in [1.54, 1.807) is 6.07 Å². The van der Waals surface area contributed by atoms with Crippen LogP contribution < -0.4 is 15.4 Å². The number of nitrogens with one attached hydrogen (secondary N) is 2. The minimum absolute atomic E-state index is 0. The van der Waals surface area contributed by atoms with E-state index >= 15 is 0 Å². The van der Waals surface area contributed by atoms with Crippen molar-refractivity contribution in [2.45, 2.75) is 57.0 Å². The number of halogens is 6. The van der Waals surface area contributed by atoms with E-state index in [9.17, 15) is 31.9 Å². The number of carbonyl (C=O) groups excluding carboxylic acids is 1. The molecule has 0 spiro atoms. The molecule has 0 bridgehead atoms. The minimum atomic E-state index is -4.79. The fourth-order valence-corrected chi connectivity index (χ4v) is 3.95. The number of hydrogen-bond acceptors (Lipinski definition) is 5. The summed E-state index contributed by atoms with van der Waals surface area (Å²) in [5.41, 5.74) is 0.761. The van der Waals surface area contributed by atoms with E-state index in [1.165, 1.54) is 25.1 Å². The summed E-state index contributed by atoms with van der Waals surface area (Å²) >= 11 is 0. The van der Waals surface area contributed by atoms with Gasteiger partial charge in [-0.05, 0) is 48.2 Å². The van der Waals surface area contributed by atoms with Gasteiger partial charge in [0.2, 0.25) is 5.91 Å². The predicted molar refractivity (Wildman–Crippen MR) is 119 cm³/mol. The van der Waals surface area contributed by atoms with Gasteiger partial charge in [0.05, 0.1) is 24.9 Å². The molecule has 1 heterocycles. The lowest BCUT2D eigenvalue weighted by molar-refractivity contribution is -0.274.